The van der Waals surface area contributed by atoms with Gasteiger partial charge >= 0.3 is 6.18 Å². The lowest BCUT2D eigenvalue weighted by atomic mass is 10.2. The minimum absolute atomic E-state index is 0.0171. The lowest BCUT2D eigenvalue weighted by molar-refractivity contribution is -0.173. The van der Waals surface area contributed by atoms with Crippen molar-refractivity contribution in [1.29, 1.82) is 0 Å². The van der Waals surface area contributed by atoms with E-state index in [2.05, 4.69) is 10.1 Å². The van der Waals surface area contributed by atoms with Crippen molar-refractivity contribution in [3.63, 3.8) is 0 Å². The van der Waals surface area contributed by atoms with Crippen LogP contribution in [0, 0.1) is 0 Å². The van der Waals surface area contributed by atoms with Crippen molar-refractivity contribution >= 4 is 5.91 Å². The molecule has 1 amide bonds. The molecule has 0 saturated heterocycles. The van der Waals surface area contributed by atoms with Crippen LogP contribution in [0.15, 0.2) is 24.3 Å². The second-order valence-electron chi connectivity index (χ2n) is 4.12. The maximum atomic E-state index is 11.8. The molecule has 0 aliphatic rings. The zero-order valence-electron chi connectivity index (χ0n) is 11.3. The molecule has 0 fully saturated rings. The Morgan fingerprint density at radius 3 is 2.67 bits per heavy atom. The van der Waals surface area contributed by atoms with E-state index in [1.807, 2.05) is 0 Å². The van der Waals surface area contributed by atoms with Gasteiger partial charge in [0.1, 0.15) is 12.4 Å². The van der Waals surface area contributed by atoms with E-state index in [0.29, 0.717) is 5.75 Å². The second kappa shape index (κ2) is 8.48. The first-order valence-electron chi connectivity index (χ1n) is 6.24. The van der Waals surface area contributed by atoms with E-state index in [0.717, 1.165) is 5.56 Å². The van der Waals surface area contributed by atoms with E-state index in [-0.39, 0.29) is 26.3 Å². The molecule has 0 atom stereocenters. The summed E-state index contributed by atoms with van der Waals surface area (Å²) in [7, 11) is 0. The van der Waals surface area contributed by atoms with E-state index < -0.39 is 18.7 Å². The molecule has 0 bridgehead atoms. The van der Waals surface area contributed by atoms with E-state index in [1.54, 1.807) is 24.3 Å². The van der Waals surface area contributed by atoms with E-state index in [4.69, 9.17) is 10.5 Å². The number of amides is 1. The first-order chi connectivity index (χ1) is 9.92. The third-order valence-electron chi connectivity index (χ3n) is 2.39. The van der Waals surface area contributed by atoms with Crippen LogP contribution in [0.3, 0.4) is 0 Å². The van der Waals surface area contributed by atoms with Crippen LogP contribution in [0.1, 0.15) is 5.56 Å². The number of halogens is 3. The molecule has 118 valence electrons. The number of rotatable bonds is 8. The number of nitrogens with one attached hydrogen (secondary N) is 1. The van der Waals surface area contributed by atoms with Crippen molar-refractivity contribution in [2.75, 3.05) is 26.4 Å². The minimum atomic E-state index is -4.36. The highest BCUT2D eigenvalue weighted by atomic mass is 19.4. The zero-order valence-corrected chi connectivity index (χ0v) is 11.3. The van der Waals surface area contributed by atoms with Gasteiger partial charge < -0.3 is 20.5 Å². The van der Waals surface area contributed by atoms with Gasteiger partial charge in [-0.05, 0) is 6.07 Å². The summed E-state index contributed by atoms with van der Waals surface area (Å²) < 4.78 is 45.0. The normalized spacial score (nSPS) is 11.2. The molecule has 1 rings (SSSR count). The van der Waals surface area contributed by atoms with Gasteiger partial charge in [-0.2, -0.15) is 13.2 Å². The molecular formula is C13H17F3N2O3. The number of benzene rings is 1. The van der Waals surface area contributed by atoms with E-state index in [9.17, 15) is 18.0 Å². The SMILES string of the molecule is NCc1ccccc1OCC(=O)NCCOCC(F)(F)F. The Morgan fingerprint density at radius 1 is 1.29 bits per heavy atom. The second-order valence-corrected chi connectivity index (χ2v) is 4.12. The number of nitrogens with two attached hydrogens (primary N) is 1. The number of hydrogen-bond donors (Lipinski definition) is 2. The highest BCUT2D eigenvalue weighted by Crippen LogP contribution is 2.16. The number of carbonyl (C=O) groups is 1. The molecule has 3 N–H and O–H groups in total. The van der Waals surface area contributed by atoms with Gasteiger partial charge in [-0.3, -0.25) is 4.79 Å². The molecule has 0 radical (unpaired) electrons. The lowest BCUT2D eigenvalue weighted by Gasteiger charge is -2.11. The summed E-state index contributed by atoms with van der Waals surface area (Å²) in [5, 5.41) is 2.39. The molecule has 0 aromatic heterocycles. The number of hydrogen-bond acceptors (Lipinski definition) is 4. The fraction of sp³-hybridized carbons (Fsp3) is 0.462. The molecule has 1 aromatic rings. The fourth-order valence-electron chi connectivity index (χ4n) is 1.46. The van der Waals surface area contributed by atoms with Gasteiger partial charge in [0.2, 0.25) is 0 Å². The molecule has 8 heteroatoms. The minimum Gasteiger partial charge on any atom is -0.483 e. The van der Waals surface area contributed by atoms with Crippen molar-refractivity contribution < 1.29 is 27.4 Å². The summed E-state index contributed by atoms with van der Waals surface area (Å²) in [5.41, 5.74) is 6.28. The summed E-state index contributed by atoms with van der Waals surface area (Å²) in [6, 6.07) is 7.00. The first-order valence-corrected chi connectivity index (χ1v) is 6.24. The van der Waals surface area contributed by atoms with Crippen LogP contribution in [-0.4, -0.2) is 38.4 Å². The van der Waals surface area contributed by atoms with Gasteiger partial charge in [0.05, 0.1) is 6.61 Å². The summed E-state index contributed by atoms with van der Waals surface area (Å²) in [6.07, 6.45) is -4.36. The average Bonchev–Trinajstić information content (AvgIpc) is 2.43. The van der Waals surface area contributed by atoms with Crippen LogP contribution < -0.4 is 15.8 Å². The zero-order chi connectivity index (χ0) is 15.7. The maximum Gasteiger partial charge on any atom is 0.411 e. The Bertz CT molecular complexity index is 453. The summed E-state index contributed by atoms with van der Waals surface area (Å²) >= 11 is 0. The lowest BCUT2D eigenvalue weighted by Crippen LogP contribution is -2.32. The average molecular weight is 306 g/mol. The molecule has 0 aliphatic heterocycles. The van der Waals surface area contributed by atoms with Crippen molar-refractivity contribution in [2.45, 2.75) is 12.7 Å². The van der Waals surface area contributed by atoms with Gasteiger partial charge in [-0.15, -0.1) is 0 Å². The molecule has 0 spiro atoms. The topological polar surface area (TPSA) is 73.6 Å². The van der Waals surface area contributed by atoms with Crippen LogP contribution in [0.5, 0.6) is 5.75 Å². The van der Waals surface area contributed by atoms with Gasteiger partial charge in [0.15, 0.2) is 6.61 Å². The number of ether oxygens (including phenoxy) is 2. The number of alkyl halides is 3. The number of carbonyl (C=O) groups excluding carboxylic acids is 1. The standard InChI is InChI=1S/C13H17F3N2O3/c14-13(15,16)9-20-6-5-18-12(19)8-21-11-4-2-1-3-10(11)7-17/h1-4H,5-9,17H2,(H,18,19). The molecule has 1 aromatic carbocycles. The van der Waals surface area contributed by atoms with Gasteiger partial charge in [-0.25, -0.2) is 0 Å². The Kier molecular flexibility index (Phi) is 6.97. The predicted octanol–water partition coefficient (Wildman–Crippen LogP) is 1.22. The largest absolute Gasteiger partial charge is 0.483 e. The highest BCUT2D eigenvalue weighted by molar-refractivity contribution is 5.77. The highest BCUT2D eigenvalue weighted by Gasteiger charge is 2.27. The number of para-hydroxylation sites is 1. The summed E-state index contributed by atoms with van der Waals surface area (Å²) in [5.74, 6) is 0.0564. The van der Waals surface area contributed by atoms with E-state index in [1.165, 1.54) is 0 Å². The monoisotopic (exact) mass is 306 g/mol. The molecule has 21 heavy (non-hydrogen) atoms. The summed E-state index contributed by atoms with van der Waals surface area (Å²) in [6.45, 7) is -1.52. The van der Waals surface area contributed by atoms with Gasteiger partial charge in [0.25, 0.3) is 5.91 Å². The van der Waals surface area contributed by atoms with E-state index >= 15 is 0 Å². The van der Waals surface area contributed by atoms with Crippen LogP contribution >= 0.6 is 0 Å². The third kappa shape index (κ3) is 7.52. The third-order valence-corrected chi connectivity index (χ3v) is 2.39. The van der Waals surface area contributed by atoms with Crippen molar-refractivity contribution in [3.05, 3.63) is 29.8 Å². The fourth-order valence-corrected chi connectivity index (χ4v) is 1.46. The molecule has 5 nitrogen and oxygen atoms in total. The molecule has 0 aliphatic carbocycles. The van der Waals surface area contributed by atoms with Crippen LogP contribution in [0.25, 0.3) is 0 Å². The van der Waals surface area contributed by atoms with Gasteiger partial charge in [0, 0.05) is 18.7 Å². The predicted molar refractivity (Wildman–Crippen MR) is 69.7 cm³/mol. The summed E-state index contributed by atoms with van der Waals surface area (Å²) in [4.78, 5) is 11.4. The smallest absolute Gasteiger partial charge is 0.411 e. The molecule has 0 unspecified atom stereocenters. The molecular weight excluding hydrogens is 289 g/mol. The van der Waals surface area contributed by atoms with Crippen LogP contribution in [0.4, 0.5) is 13.2 Å². The van der Waals surface area contributed by atoms with Crippen LogP contribution in [0.2, 0.25) is 0 Å². The van der Waals surface area contributed by atoms with Crippen molar-refractivity contribution in [3.8, 4) is 5.75 Å². The maximum absolute atomic E-state index is 11.8. The Labute approximate surface area is 120 Å². The van der Waals surface area contributed by atoms with Crippen LogP contribution in [-0.2, 0) is 16.1 Å². The van der Waals surface area contributed by atoms with Crippen molar-refractivity contribution in [1.82, 2.24) is 5.32 Å². The first kappa shape index (κ1) is 17.3. The quantitative estimate of drug-likeness (QED) is 0.708. The Hall–Kier alpha value is -1.80. The Morgan fingerprint density at radius 2 is 2.00 bits per heavy atom. The molecule has 0 saturated carbocycles. The molecule has 0 heterocycles. The Balaban J connectivity index is 2.20. The van der Waals surface area contributed by atoms with Gasteiger partial charge in [-0.1, -0.05) is 18.2 Å². The van der Waals surface area contributed by atoms with Crippen molar-refractivity contribution in [2.24, 2.45) is 5.73 Å².